The summed E-state index contributed by atoms with van der Waals surface area (Å²) in [7, 11) is 0. The monoisotopic (exact) mass is 336 g/mol. The van der Waals surface area contributed by atoms with Crippen LogP contribution in [-0.4, -0.2) is 20.4 Å². The normalized spacial score (nSPS) is 11.1. The smallest absolute Gasteiger partial charge is 0.170 e. The minimum atomic E-state index is -0.271. The van der Waals surface area contributed by atoms with Crippen LogP contribution in [-0.2, 0) is 0 Å². The minimum absolute atomic E-state index is 0.151. The van der Waals surface area contributed by atoms with Crippen LogP contribution in [0.4, 0.5) is 11.4 Å². The molecule has 0 amide bonds. The van der Waals surface area contributed by atoms with Gasteiger partial charge in [0.05, 0.1) is 0 Å². The first-order valence-electron chi connectivity index (χ1n) is 7.52. The Labute approximate surface area is 144 Å². The number of phenolic OH excluding ortho intramolecular Hbond substituents is 4. The molecule has 0 bridgehead atoms. The zero-order chi connectivity index (χ0) is 18.0. The SMILES string of the molecule is Cc1ccc(-c2ccc(O)c(N=Nc3c(O)cccc3O)c2O)cc1. The Morgan fingerprint density at radius 2 is 1.20 bits per heavy atom. The number of phenols is 4. The van der Waals surface area contributed by atoms with Crippen LogP contribution in [0.5, 0.6) is 23.0 Å². The second-order valence-electron chi connectivity index (χ2n) is 5.54. The summed E-state index contributed by atoms with van der Waals surface area (Å²) in [6, 6.07) is 14.6. The van der Waals surface area contributed by atoms with Crippen molar-refractivity contribution in [3.63, 3.8) is 0 Å². The van der Waals surface area contributed by atoms with Crippen molar-refractivity contribution in [3.05, 3.63) is 60.2 Å². The molecular formula is C19H16N2O4. The summed E-state index contributed by atoms with van der Waals surface area (Å²) < 4.78 is 0. The van der Waals surface area contributed by atoms with Crippen molar-refractivity contribution in [2.24, 2.45) is 10.2 Å². The van der Waals surface area contributed by atoms with Crippen LogP contribution in [0, 0.1) is 6.92 Å². The van der Waals surface area contributed by atoms with Crippen LogP contribution in [0.15, 0.2) is 64.8 Å². The van der Waals surface area contributed by atoms with E-state index in [1.165, 1.54) is 24.3 Å². The van der Waals surface area contributed by atoms with E-state index in [4.69, 9.17) is 0 Å². The van der Waals surface area contributed by atoms with Gasteiger partial charge in [0.25, 0.3) is 0 Å². The Kier molecular flexibility index (Phi) is 4.26. The second kappa shape index (κ2) is 6.52. The summed E-state index contributed by atoms with van der Waals surface area (Å²) in [5.41, 5.74) is 2.01. The number of aromatic hydroxyl groups is 4. The molecule has 0 aliphatic carbocycles. The van der Waals surface area contributed by atoms with E-state index in [2.05, 4.69) is 10.2 Å². The highest BCUT2D eigenvalue weighted by atomic mass is 16.3. The lowest BCUT2D eigenvalue weighted by Gasteiger charge is -2.09. The molecule has 0 aliphatic heterocycles. The largest absolute Gasteiger partial charge is 0.505 e. The van der Waals surface area contributed by atoms with E-state index >= 15 is 0 Å². The van der Waals surface area contributed by atoms with Crippen molar-refractivity contribution < 1.29 is 20.4 Å². The summed E-state index contributed by atoms with van der Waals surface area (Å²) in [4.78, 5) is 0. The van der Waals surface area contributed by atoms with Crippen LogP contribution in [0.3, 0.4) is 0 Å². The highest BCUT2D eigenvalue weighted by Gasteiger charge is 2.14. The van der Waals surface area contributed by atoms with Crippen LogP contribution < -0.4 is 0 Å². The Morgan fingerprint density at radius 1 is 0.640 bits per heavy atom. The summed E-state index contributed by atoms with van der Waals surface area (Å²) in [5, 5.41) is 47.5. The van der Waals surface area contributed by atoms with E-state index in [0.29, 0.717) is 5.56 Å². The van der Waals surface area contributed by atoms with Gasteiger partial charge in [0.1, 0.15) is 17.2 Å². The van der Waals surface area contributed by atoms with E-state index in [0.717, 1.165) is 11.1 Å². The topological polar surface area (TPSA) is 106 Å². The van der Waals surface area contributed by atoms with Gasteiger partial charge in [0.15, 0.2) is 17.1 Å². The van der Waals surface area contributed by atoms with Crippen molar-refractivity contribution in [1.82, 2.24) is 0 Å². The predicted molar refractivity (Wildman–Crippen MR) is 93.9 cm³/mol. The molecule has 0 saturated carbocycles. The van der Waals surface area contributed by atoms with Gasteiger partial charge < -0.3 is 20.4 Å². The van der Waals surface area contributed by atoms with Gasteiger partial charge in [-0.25, -0.2) is 0 Å². The molecule has 25 heavy (non-hydrogen) atoms. The third-order valence-corrected chi connectivity index (χ3v) is 3.74. The fourth-order valence-corrected chi connectivity index (χ4v) is 2.36. The maximum absolute atomic E-state index is 10.5. The molecule has 0 aliphatic rings. The van der Waals surface area contributed by atoms with E-state index in [1.54, 1.807) is 6.07 Å². The van der Waals surface area contributed by atoms with Crippen molar-refractivity contribution >= 4 is 11.4 Å². The van der Waals surface area contributed by atoms with Crippen molar-refractivity contribution in [2.45, 2.75) is 6.92 Å². The number of hydrogen-bond acceptors (Lipinski definition) is 6. The molecule has 3 aromatic rings. The van der Waals surface area contributed by atoms with E-state index in [1.807, 2.05) is 31.2 Å². The van der Waals surface area contributed by atoms with Crippen LogP contribution in [0.25, 0.3) is 11.1 Å². The average molecular weight is 336 g/mol. The number of aryl methyl sites for hydroxylation is 1. The highest BCUT2D eigenvalue weighted by molar-refractivity contribution is 5.79. The lowest BCUT2D eigenvalue weighted by Crippen LogP contribution is -1.81. The number of azo groups is 1. The van der Waals surface area contributed by atoms with Gasteiger partial charge in [-0.3, -0.25) is 0 Å². The first kappa shape index (κ1) is 16.3. The van der Waals surface area contributed by atoms with Gasteiger partial charge in [-0.15, -0.1) is 10.2 Å². The van der Waals surface area contributed by atoms with Crippen LogP contribution in [0.1, 0.15) is 5.56 Å². The zero-order valence-electron chi connectivity index (χ0n) is 13.4. The van der Waals surface area contributed by atoms with Gasteiger partial charge in [-0.1, -0.05) is 35.9 Å². The third kappa shape index (κ3) is 3.23. The highest BCUT2D eigenvalue weighted by Crippen LogP contribution is 2.45. The predicted octanol–water partition coefficient (Wildman–Crippen LogP) is 4.90. The van der Waals surface area contributed by atoms with Crippen molar-refractivity contribution in [3.8, 4) is 34.1 Å². The molecule has 3 aromatic carbocycles. The first-order valence-corrected chi connectivity index (χ1v) is 7.52. The number of hydrogen-bond donors (Lipinski definition) is 4. The molecule has 3 rings (SSSR count). The summed E-state index contributed by atoms with van der Waals surface area (Å²) in [6.45, 7) is 1.96. The maximum atomic E-state index is 10.5. The molecule has 6 nitrogen and oxygen atoms in total. The molecule has 126 valence electrons. The molecule has 0 fully saturated rings. The fraction of sp³-hybridized carbons (Fsp3) is 0.0526. The fourth-order valence-electron chi connectivity index (χ4n) is 2.36. The minimum Gasteiger partial charge on any atom is -0.505 e. The van der Waals surface area contributed by atoms with E-state index in [9.17, 15) is 20.4 Å². The van der Waals surface area contributed by atoms with Gasteiger partial charge in [0.2, 0.25) is 0 Å². The summed E-state index contributed by atoms with van der Waals surface area (Å²) in [5.74, 6) is -1.05. The number of nitrogens with zero attached hydrogens (tertiary/aromatic N) is 2. The van der Waals surface area contributed by atoms with Crippen molar-refractivity contribution in [1.29, 1.82) is 0 Å². The quantitative estimate of drug-likeness (QED) is 0.510. The second-order valence-corrected chi connectivity index (χ2v) is 5.54. The molecule has 6 heteroatoms. The van der Waals surface area contributed by atoms with Gasteiger partial charge in [-0.05, 0) is 36.8 Å². The third-order valence-electron chi connectivity index (χ3n) is 3.74. The zero-order valence-corrected chi connectivity index (χ0v) is 13.4. The molecule has 4 N–H and O–H groups in total. The average Bonchev–Trinajstić information content (AvgIpc) is 2.58. The van der Waals surface area contributed by atoms with E-state index < -0.39 is 0 Å². The molecule has 0 unspecified atom stereocenters. The lowest BCUT2D eigenvalue weighted by molar-refractivity contribution is 0.449. The van der Waals surface area contributed by atoms with Crippen molar-refractivity contribution in [2.75, 3.05) is 0 Å². The number of rotatable bonds is 3. The molecule has 0 aromatic heterocycles. The Bertz CT molecular complexity index is 930. The Hall–Kier alpha value is -3.54. The standard InChI is InChI=1S/C19H16N2O4/c1-11-5-7-12(8-6-11)13-9-10-16(24)18(19(13)25)21-20-17-14(22)3-2-4-15(17)23/h2-10,22-25H,1H3. The summed E-state index contributed by atoms with van der Waals surface area (Å²) in [6.07, 6.45) is 0. The maximum Gasteiger partial charge on any atom is 0.170 e. The van der Waals surface area contributed by atoms with Gasteiger partial charge in [0, 0.05) is 5.56 Å². The molecule has 0 atom stereocenters. The Morgan fingerprint density at radius 3 is 1.84 bits per heavy atom. The molecule has 0 spiro atoms. The molecular weight excluding hydrogens is 320 g/mol. The van der Waals surface area contributed by atoms with Crippen LogP contribution >= 0.6 is 0 Å². The summed E-state index contributed by atoms with van der Waals surface area (Å²) >= 11 is 0. The molecule has 0 radical (unpaired) electrons. The molecule has 0 saturated heterocycles. The number of benzene rings is 3. The van der Waals surface area contributed by atoms with E-state index in [-0.39, 0.29) is 34.4 Å². The van der Waals surface area contributed by atoms with Gasteiger partial charge in [-0.2, -0.15) is 0 Å². The van der Waals surface area contributed by atoms with Crippen LogP contribution in [0.2, 0.25) is 0 Å². The Balaban J connectivity index is 2.06. The first-order chi connectivity index (χ1) is 12.0. The molecule has 0 heterocycles. The van der Waals surface area contributed by atoms with Gasteiger partial charge >= 0.3 is 0 Å². The lowest BCUT2D eigenvalue weighted by atomic mass is 10.0.